The molecule has 126 valence electrons. The van der Waals surface area contributed by atoms with Gasteiger partial charge in [0.15, 0.2) is 11.5 Å². The van der Waals surface area contributed by atoms with Crippen molar-refractivity contribution in [1.82, 2.24) is 10.5 Å². The molecule has 1 aliphatic heterocycles. The summed E-state index contributed by atoms with van der Waals surface area (Å²) in [4.78, 5) is 12.3. The fraction of sp³-hybridized carbons (Fsp3) is 0.200. The Morgan fingerprint density at radius 3 is 2.68 bits per heavy atom. The zero-order chi connectivity index (χ0) is 17.1. The van der Waals surface area contributed by atoms with Crippen molar-refractivity contribution in [1.29, 1.82) is 0 Å². The molecule has 2 aromatic carbocycles. The molecule has 25 heavy (non-hydrogen) atoms. The summed E-state index contributed by atoms with van der Waals surface area (Å²) in [6.07, 6.45) is 0.768. The molecule has 0 fully saturated rings. The third kappa shape index (κ3) is 3.46. The lowest BCUT2D eigenvalue weighted by atomic mass is 9.99. The first kappa shape index (κ1) is 15.6. The van der Waals surface area contributed by atoms with Gasteiger partial charge in [-0.2, -0.15) is 0 Å². The third-order valence-electron chi connectivity index (χ3n) is 4.33. The average molecular weight is 334 g/mol. The Labute approximate surface area is 145 Å². The van der Waals surface area contributed by atoms with Gasteiger partial charge in [0, 0.05) is 24.6 Å². The number of aromatic nitrogens is 1. The largest absolute Gasteiger partial charge is 0.371 e. The van der Waals surface area contributed by atoms with Crippen molar-refractivity contribution in [2.24, 2.45) is 0 Å². The predicted octanol–water partition coefficient (Wildman–Crippen LogP) is 3.21. The second-order valence-corrected chi connectivity index (χ2v) is 6.06. The van der Waals surface area contributed by atoms with Gasteiger partial charge in [-0.15, -0.1) is 0 Å². The molecule has 0 saturated carbocycles. The van der Waals surface area contributed by atoms with E-state index >= 15 is 0 Å². The Bertz CT molecular complexity index is 873. The summed E-state index contributed by atoms with van der Waals surface area (Å²) in [6, 6.07) is 19.5. The summed E-state index contributed by atoms with van der Waals surface area (Å²) in [6.45, 7) is 1.03. The number of nitrogens with zero attached hydrogens (tertiary/aromatic N) is 1. The van der Waals surface area contributed by atoms with Crippen LogP contribution in [0.25, 0.3) is 11.3 Å². The molecule has 1 N–H and O–H groups in total. The summed E-state index contributed by atoms with van der Waals surface area (Å²) >= 11 is 0. The number of fused-ring (bicyclic) bond motifs is 1. The molecule has 1 unspecified atom stereocenters. The standard InChI is InChI=1S/C20H18N2O3/c23-20(18-11-19(25-22-18)14-6-2-1-3-7-14)21-12-17-10-15-8-4-5-9-16(15)13-24-17/h1-9,11,17H,10,12-13H2,(H,21,23). The number of carbonyl (C=O) groups is 1. The SMILES string of the molecule is O=C(NCC1Cc2ccccc2CO1)c1cc(-c2ccccc2)on1. The third-order valence-corrected chi connectivity index (χ3v) is 4.33. The van der Waals surface area contributed by atoms with Crippen LogP contribution in [0.3, 0.4) is 0 Å². The van der Waals surface area contributed by atoms with Gasteiger partial charge in [-0.05, 0) is 11.1 Å². The molecule has 0 saturated heterocycles. The van der Waals surface area contributed by atoms with E-state index in [0.717, 1.165) is 12.0 Å². The quantitative estimate of drug-likeness (QED) is 0.796. The van der Waals surface area contributed by atoms with Crippen LogP contribution in [0.1, 0.15) is 21.6 Å². The van der Waals surface area contributed by atoms with E-state index in [1.807, 2.05) is 42.5 Å². The number of hydrogen-bond donors (Lipinski definition) is 1. The van der Waals surface area contributed by atoms with Crippen LogP contribution in [0.15, 0.2) is 65.2 Å². The van der Waals surface area contributed by atoms with Gasteiger partial charge >= 0.3 is 0 Å². The Kier molecular flexibility index (Phi) is 4.31. The van der Waals surface area contributed by atoms with E-state index < -0.39 is 0 Å². The Hall–Kier alpha value is -2.92. The van der Waals surface area contributed by atoms with Crippen molar-refractivity contribution in [3.8, 4) is 11.3 Å². The molecule has 1 amide bonds. The highest BCUT2D eigenvalue weighted by atomic mass is 16.5. The monoisotopic (exact) mass is 334 g/mol. The van der Waals surface area contributed by atoms with Crippen LogP contribution in [0.2, 0.25) is 0 Å². The van der Waals surface area contributed by atoms with Gasteiger partial charge in [-0.1, -0.05) is 59.8 Å². The molecule has 1 aliphatic rings. The molecule has 0 spiro atoms. The van der Waals surface area contributed by atoms with Crippen molar-refractivity contribution in [3.63, 3.8) is 0 Å². The van der Waals surface area contributed by atoms with Gasteiger partial charge in [0.25, 0.3) is 5.91 Å². The Morgan fingerprint density at radius 1 is 1.08 bits per heavy atom. The smallest absolute Gasteiger partial charge is 0.273 e. The molecule has 0 bridgehead atoms. The van der Waals surface area contributed by atoms with Gasteiger partial charge in [0.2, 0.25) is 0 Å². The molecule has 3 aromatic rings. The molecule has 0 radical (unpaired) electrons. The van der Waals surface area contributed by atoms with E-state index in [0.29, 0.717) is 18.9 Å². The maximum atomic E-state index is 12.3. The van der Waals surface area contributed by atoms with Crippen molar-refractivity contribution >= 4 is 5.91 Å². The first-order valence-electron chi connectivity index (χ1n) is 8.28. The minimum Gasteiger partial charge on any atom is -0.371 e. The number of benzene rings is 2. The first-order chi connectivity index (χ1) is 12.3. The molecule has 1 atom stereocenters. The second-order valence-electron chi connectivity index (χ2n) is 6.06. The fourth-order valence-corrected chi connectivity index (χ4v) is 2.96. The number of hydrogen-bond acceptors (Lipinski definition) is 4. The fourth-order valence-electron chi connectivity index (χ4n) is 2.96. The highest BCUT2D eigenvalue weighted by Gasteiger charge is 2.20. The minimum atomic E-state index is -0.256. The van der Waals surface area contributed by atoms with Crippen LogP contribution in [-0.4, -0.2) is 23.7 Å². The normalized spacial score (nSPS) is 16.2. The van der Waals surface area contributed by atoms with Gasteiger partial charge in [0.05, 0.1) is 12.7 Å². The van der Waals surface area contributed by atoms with E-state index in [2.05, 4.69) is 22.6 Å². The van der Waals surface area contributed by atoms with Crippen molar-refractivity contribution in [3.05, 3.63) is 77.5 Å². The number of ether oxygens (including phenoxy) is 1. The predicted molar refractivity (Wildman–Crippen MR) is 93.0 cm³/mol. The van der Waals surface area contributed by atoms with Crippen LogP contribution in [0, 0.1) is 0 Å². The number of amides is 1. The summed E-state index contributed by atoms with van der Waals surface area (Å²) in [7, 11) is 0. The van der Waals surface area contributed by atoms with Gasteiger partial charge < -0.3 is 14.6 Å². The summed E-state index contributed by atoms with van der Waals surface area (Å²) in [5.74, 6) is 0.321. The van der Waals surface area contributed by atoms with Crippen LogP contribution in [0.4, 0.5) is 0 Å². The summed E-state index contributed by atoms with van der Waals surface area (Å²) in [5, 5.41) is 6.74. The van der Waals surface area contributed by atoms with E-state index in [-0.39, 0.29) is 17.7 Å². The average Bonchev–Trinajstić information content (AvgIpc) is 3.17. The zero-order valence-electron chi connectivity index (χ0n) is 13.6. The number of nitrogens with one attached hydrogen (secondary N) is 1. The van der Waals surface area contributed by atoms with Crippen LogP contribution in [0.5, 0.6) is 0 Å². The van der Waals surface area contributed by atoms with E-state index in [1.54, 1.807) is 6.07 Å². The molecule has 5 nitrogen and oxygen atoms in total. The van der Waals surface area contributed by atoms with Gasteiger partial charge in [0.1, 0.15) is 0 Å². The summed E-state index contributed by atoms with van der Waals surface area (Å²) in [5.41, 5.74) is 3.66. The number of carbonyl (C=O) groups excluding carboxylic acids is 1. The molecular weight excluding hydrogens is 316 g/mol. The maximum Gasteiger partial charge on any atom is 0.273 e. The van der Waals surface area contributed by atoms with E-state index in [9.17, 15) is 4.79 Å². The van der Waals surface area contributed by atoms with Crippen molar-refractivity contribution in [2.45, 2.75) is 19.1 Å². The molecule has 2 heterocycles. The lowest BCUT2D eigenvalue weighted by Crippen LogP contribution is -2.36. The van der Waals surface area contributed by atoms with Crippen LogP contribution >= 0.6 is 0 Å². The Morgan fingerprint density at radius 2 is 1.84 bits per heavy atom. The van der Waals surface area contributed by atoms with Gasteiger partial charge in [-0.3, -0.25) is 4.79 Å². The van der Waals surface area contributed by atoms with Crippen molar-refractivity contribution < 1.29 is 14.1 Å². The van der Waals surface area contributed by atoms with E-state index in [4.69, 9.17) is 9.26 Å². The lowest BCUT2D eigenvalue weighted by Gasteiger charge is -2.25. The molecule has 1 aromatic heterocycles. The lowest BCUT2D eigenvalue weighted by molar-refractivity contribution is 0.0284. The molecule has 4 rings (SSSR count). The van der Waals surface area contributed by atoms with Gasteiger partial charge in [-0.25, -0.2) is 0 Å². The Balaban J connectivity index is 1.36. The van der Waals surface area contributed by atoms with E-state index in [1.165, 1.54) is 11.1 Å². The molecule has 0 aliphatic carbocycles. The zero-order valence-corrected chi connectivity index (χ0v) is 13.6. The molecule has 5 heteroatoms. The first-order valence-corrected chi connectivity index (χ1v) is 8.28. The van der Waals surface area contributed by atoms with Crippen LogP contribution in [-0.2, 0) is 17.8 Å². The molecular formula is C20H18N2O3. The highest BCUT2D eigenvalue weighted by Crippen LogP contribution is 2.21. The second kappa shape index (κ2) is 6.91. The highest BCUT2D eigenvalue weighted by molar-refractivity contribution is 5.93. The minimum absolute atomic E-state index is 0.0284. The topological polar surface area (TPSA) is 64.4 Å². The van der Waals surface area contributed by atoms with Crippen LogP contribution < -0.4 is 5.32 Å². The maximum absolute atomic E-state index is 12.3. The summed E-state index contributed by atoms with van der Waals surface area (Å²) < 4.78 is 11.1. The van der Waals surface area contributed by atoms with Crippen molar-refractivity contribution in [2.75, 3.05) is 6.54 Å². The number of rotatable bonds is 4.